The van der Waals surface area contributed by atoms with Crippen LogP contribution in [0.15, 0.2) is 60.7 Å². The van der Waals surface area contributed by atoms with Crippen LogP contribution in [0.3, 0.4) is 0 Å². The Labute approximate surface area is 147 Å². The van der Waals surface area contributed by atoms with Crippen LogP contribution in [-0.2, 0) is 6.42 Å². The number of methoxy groups -OCH3 is 2. The lowest BCUT2D eigenvalue weighted by Gasteiger charge is -2.11. The van der Waals surface area contributed by atoms with Crippen molar-refractivity contribution >= 4 is 16.7 Å². The van der Waals surface area contributed by atoms with Gasteiger partial charge < -0.3 is 14.8 Å². The molecule has 3 rings (SSSR count). The highest BCUT2D eigenvalue weighted by Gasteiger charge is 2.13. The minimum absolute atomic E-state index is 0.129. The molecular weight excluding hydrogens is 314 g/mol. The molecule has 0 aliphatic rings. The first-order valence-electron chi connectivity index (χ1n) is 8.19. The van der Waals surface area contributed by atoms with Crippen LogP contribution in [0.25, 0.3) is 10.8 Å². The Kier molecular flexibility index (Phi) is 5.19. The summed E-state index contributed by atoms with van der Waals surface area (Å²) in [5.74, 6) is 1.28. The van der Waals surface area contributed by atoms with Gasteiger partial charge in [0.05, 0.1) is 19.8 Å². The van der Waals surface area contributed by atoms with Crippen molar-refractivity contribution in [3.8, 4) is 11.5 Å². The van der Waals surface area contributed by atoms with E-state index in [1.54, 1.807) is 14.2 Å². The van der Waals surface area contributed by atoms with E-state index in [-0.39, 0.29) is 5.91 Å². The number of fused-ring (bicyclic) bond motifs is 1. The van der Waals surface area contributed by atoms with Crippen molar-refractivity contribution in [3.63, 3.8) is 0 Å². The zero-order valence-corrected chi connectivity index (χ0v) is 14.4. The molecule has 25 heavy (non-hydrogen) atoms. The van der Waals surface area contributed by atoms with Gasteiger partial charge in [0.25, 0.3) is 5.91 Å². The Hall–Kier alpha value is -3.01. The van der Waals surface area contributed by atoms with Gasteiger partial charge in [-0.05, 0) is 47.0 Å². The summed E-state index contributed by atoms with van der Waals surface area (Å²) in [7, 11) is 3.23. The van der Waals surface area contributed by atoms with Crippen molar-refractivity contribution in [2.75, 3.05) is 20.8 Å². The summed E-state index contributed by atoms with van der Waals surface area (Å²) in [5, 5.41) is 5.03. The van der Waals surface area contributed by atoms with E-state index in [1.165, 1.54) is 0 Å². The first-order valence-corrected chi connectivity index (χ1v) is 8.19. The van der Waals surface area contributed by atoms with Gasteiger partial charge in [0.1, 0.15) is 11.5 Å². The molecule has 0 aromatic heterocycles. The van der Waals surface area contributed by atoms with E-state index in [4.69, 9.17) is 9.47 Å². The van der Waals surface area contributed by atoms with E-state index < -0.39 is 0 Å². The maximum atomic E-state index is 12.5. The Morgan fingerprint density at radius 1 is 0.920 bits per heavy atom. The summed E-state index contributed by atoms with van der Waals surface area (Å²) in [4.78, 5) is 12.5. The number of amides is 1. The van der Waals surface area contributed by atoms with Crippen LogP contribution in [0.5, 0.6) is 11.5 Å². The first-order chi connectivity index (χ1) is 12.2. The van der Waals surface area contributed by atoms with Crippen LogP contribution >= 0.6 is 0 Å². The molecular formula is C21H21NO3. The van der Waals surface area contributed by atoms with Crippen molar-refractivity contribution in [1.82, 2.24) is 5.32 Å². The van der Waals surface area contributed by atoms with Gasteiger partial charge in [-0.3, -0.25) is 4.79 Å². The predicted molar refractivity (Wildman–Crippen MR) is 99.5 cm³/mol. The topological polar surface area (TPSA) is 47.6 Å². The number of carbonyl (C=O) groups excluding carboxylic acids is 1. The number of benzene rings is 3. The standard InChI is InChI=1S/C21H21NO3/c1-24-18-9-7-15(8-10-18)11-12-22-21(23)19-13-16-5-3-4-6-17(16)14-20(19)25-2/h3-10,13-14H,11-12H2,1-2H3,(H,22,23). The molecule has 0 spiro atoms. The molecule has 0 heterocycles. The van der Waals surface area contributed by atoms with Crippen LogP contribution < -0.4 is 14.8 Å². The first kappa shape index (κ1) is 16.8. The van der Waals surface area contributed by atoms with E-state index in [0.717, 1.165) is 28.5 Å². The number of rotatable bonds is 6. The summed E-state index contributed by atoms with van der Waals surface area (Å²) in [5.41, 5.74) is 1.70. The molecule has 0 bridgehead atoms. The third-order valence-corrected chi connectivity index (χ3v) is 4.17. The van der Waals surface area contributed by atoms with E-state index in [0.29, 0.717) is 17.9 Å². The summed E-state index contributed by atoms with van der Waals surface area (Å²) < 4.78 is 10.5. The molecule has 0 atom stereocenters. The van der Waals surface area contributed by atoms with E-state index >= 15 is 0 Å². The maximum Gasteiger partial charge on any atom is 0.255 e. The third kappa shape index (κ3) is 3.91. The number of nitrogens with one attached hydrogen (secondary N) is 1. The average Bonchev–Trinajstić information content (AvgIpc) is 2.67. The number of carbonyl (C=O) groups is 1. The van der Waals surface area contributed by atoms with Crippen molar-refractivity contribution in [2.45, 2.75) is 6.42 Å². The van der Waals surface area contributed by atoms with E-state index in [1.807, 2.05) is 60.7 Å². The van der Waals surface area contributed by atoms with E-state index in [9.17, 15) is 4.79 Å². The minimum Gasteiger partial charge on any atom is -0.497 e. The van der Waals surface area contributed by atoms with Gasteiger partial charge in [0.2, 0.25) is 0 Å². The molecule has 3 aromatic carbocycles. The highest BCUT2D eigenvalue weighted by atomic mass is 16.5. The third-order valence-electron chi connectivity index (χ3n) is 4.17. The molecule has 1 amide bonds. The molecule has 1 N–H and O–H groups in total. The molecule has 0 aliphatic carbocycles. The lowest BCUT2D eigenvalue weighted by Crippen LogP contribution is -2.26. The van der Waals surface area contributed by atoms with Crippen molar-refractivity contribution in [3.05, 3.63) is 71.8 Å². The van der Waals surface area contributed by atoms with Gasteiger partial charge in [-0.1, -0.05) is 36.4 Å². The summed E-state index contributed by atoms with van der Waals surface area (Å²) in [6.45, 7) is 0.557. The Balaban J connectivity index is 1.68. The fourth-order valence-corrected chi connectivity index (χ4v) is 2.77. The van der Waals surface area contributed by atoms with Gasteiger partial charge in [0, 0.05) is 6.54 Å². The zero-order valence-electron chi connectivity index (χ0n) is 14.4. The van der Waals surface area contributed by atoms with Crippen LogP contribution in [0, 0.1) is 0 Å². The Bertz CT molecular complexity index is 872. The van der Waals surface area contributed by atoms with Crippen LogP contribution in [-0.4, -0.2) is 26.7 Å². The van der Waals surface area contributed by atoms with Gasteiger partial charge in [-0.2, -0.15) is 0 Å². The monoisotopic (exact) mass is 335 g/mol. The molecule has 0 fully saturated rings. The Morgan fingerprint density at radius 2 is 1.60 bits per heavy atom. The second-order valence-corrected chi connectivity index (χ2v) is 5.75. The fourth-order valence-electron chi connectivity index (χ4n) is 2.77. The summed E-state index contributed by atoms with van der Waals surface area (Å²) in [6, 6.07) is 19.5. The van der Waals surface area contributed by atoms with Gasteiger partial charge in [0.15, 0.2) is 0 Å². The zero-order chi connectivity index (χ0) is 17.6. The minimum atomic E-state index is -0.129. The number of hydrogen-bond donors (Lipinski definition) is 1. The van der Waals surface area contributed by atoms with Gasteiger partial charge >= 0.3 is 0 Å². The predicted octanol–water partition coefficient (Wildman–Crippen LogP) is 3.83. The summed E-state index contributed by atoms with van der Waals surface area (Å²) >= 11 is 0. The molecule has 0 unspecified atom stereocenters. The molecule has 4 nitrogen and oxygen atoms in total. The van der Waals surface area contributed by atoms with Gasteiger partial charge in [-0.15, -0.1) is 0 Å². The lowest BCUT2D eigenvalue weighted by molar-refractivity contribution is 0.0951. The van der Waals surface area contributed by atoms with Crippen LogP contribution in [0.2, 0.25) is 0 Å². The SMILES string of the molecule is COc1ccc(CCNC(=O)c2cc3ccccc3cc2OC)cc1. The lowest BCUT2D eigenvalue weighted by atomic mass is 10.1. The summed E-state index contributed by atoms with van der Waals surface area (Å²) in [6.07, 6.45) is 0.756. The largest absolute Gasteiger partial charge is 0.497 e. The second kappa shape index (κ2) is 7.71. The van der Waals surface area contributed by atoms with E-state index in [2.05, 4.69) is 5.32 Å². The second-order valence-electron chi connectivity index (χ2n) is 5.75. The van der Waals surface area contributed by atoms with Crippen molar-refractivity contribution in [1.29, 1.82) is 0 Å². The van der Waals surface area contributed by atoms with Crippen molar-refractivity contribution in [2.24, 2.45) is 0 Å². The number of ether oxygens (including phenoxy) is 2. The molecule has 128 valence electrons. The number of hydrogen-bond acceptors (Lipinski definition) is 3. The fraction of sp³-hybridized carbons (Fsp3) is 0.190. The highest BCUT2D eigenvalue weighted by molar-refractivity contribution is 6.01. The molecule has 0 saturated carbocycles. The van der Waals surface area contributed by atoms with Crippen LogP contribution in [0.4, 0.5) is 0 Å². The van der Waals surface area contributed by atoms with Crippen LogP contribution in [0.1, 0.15) is 15.9 Å². The molecule has 4 heteroatoms. The average molecular weight is 335 g/mol. The molecule has 3 aromatic rings. The quantitative estimate of drug-likeness (QED) is 0.745. The maximum absolute atomic E-state index is 12.5. The van der Waals surface area contributed by atoms with Crippen molar-refractivity contribution < 1.29 is 14.3 Å². The van der Waals surface area contributed by atoms with Gasteiger partial charge in [-0.25, -0.2) is 0 Å². The molecule has 0 saturated heterocycles. The Morgan fingerprint density at radius 3 is 2.24 bits per heavy atom. The molecule has 0 radical (unpaired) electrons. The normalized spacial score (nSPS) is 10.5. The smallest absolute Gasteiger partial charge is 0.255 e. The molecule has 0 aliphatic heterocycles. The highest BCUT2D eigenvalue weighted by Crippen LogP contribution is 2.25.